The van der Waals surface area contributed by atoms with E-state index in [0.717, 1.165) is 38.3 Å². The number of hydrogen-bond donors (Lipinski definition) is 0. The number of ether oxygens (including phenoxy) is 1. The lowest BCUT2D eigenvalue weighted by Gasteiger charge is -2.32. The second-order valence-electron chi connectivity index (χ2n) is 7.81. The van der Waals surface area contributed by atoms with Crippen LogP contribution in [0.3, 0.4) is 0 Å². The predicted molar refractivity (Wildman–Crippen MR) is 103 cm³/mol. The first kappa shape index (κ1) is 18.4. The summed E-state index contributed by atoms with van der Waals surface area (Å²) in [5, 5.41) is 0. The number of para-hydroxylation sites is 1. The first-order valence-corrected chi connectivity index (χ1v) is 10.2. The predicted octanol–water partition coefficient (Wildman–Crippen LogP) is 4.71. The number of aromatic nitrogens is 2. The van der Waals surface area contributed by atoms with E-state index in [4.69, 9.17) is 4.74 Å². The monoisotopic (exact) mass is 369 g/mol. The average molecular weight is 369 g/mol. The summed E-state index contributed by atoms with van der Waals surface area (Å²) in [5.74, 6) is 1.66. The van der Waals surface area contributed by atoms with Crippen molar-refractivity contribution in [2.75, 3.05) is 13.1 Å². The lowest BCUT2D eigenvalue weighted by molar-refractivity contribution is 0.0934. The van der Waals surface area contributed by atoms with Gasteiger partial charge in [0, 0.05) is 43.5 Å². The Bertz CT molecular complexity index is 723. The summed E-state index contributed by atoms with van der Waals surface area (Å²) < 4.78 is 19.6. The molecule has 2 aliphatic rings. The maximum Gasteiger partial charge on any atom is 0.165 e. The highest BCUT2D eigenvalue weighted by Crippen LogP contribution is 2.30. The van der Waals surface area contributed by atoms with E-state index in [9.17, 15) is 4.39 Å². The van der Waals surface area contributed by atoms with Crippen molar-refractivity contribution in [3.63, 3.8) is 0 Å². The highest BCUT2D eigenvalue weighted by molar-refractivity contribution is 5.24. The molecule has 1 aliphatic heterocycles. The van der Waals surface area contributed by atoms with Gasteiger partial charge in [-0.3, -0.25) is 4.90 Å². The topological polar surface area (TPSA) is 38.2 Å². The fraction of sp³-hybridized carbons (Fsp3) is 0.545. The molecule has 1 aliphatic carbocycles. The van der Waals surface area contributed by atoms with Gasteiger partial charge in [0.25, 0.3) is 0 Å². The first-order chi connectivity index (χ1) is 13.3. The normalized spacial score (nSPS) is 19.9. The standard InChI is InChI=1S/C22H28FN3O/c23-20-8-4-5-9-21(20)27-19-10-12-26(13-11-19)16-17-14-24-22(25-15-17)18-6-2-1-3-7-18/h4-5,8-9,14-15,18-19H,1-3,6-7,10-13,16H2. The van der Waals surface area contributed by atoms with Crippen LogP contribution in [0.2, 0.25) is 0 Å². The average Bonchev–Trinajstić information content (AvgIpc) is 2.72. The van der Waals surface area contributed by atoms with Gasteiger partial charge in [0.1, 0.15) is 11.9 Å². The molecule has 0 amide bonds. The quantitative estimate of drug-likeness (QED) is 0.765. The number of nitrogens with zero attached hydrogens (tertiary/aromatic N) is 3. The minimum Gasteiger partial charge on any atom is -0.487 e. The Labute approximate surface area is 160 Å². The lowest BCUT2D eigenvalue weighted by Crippen LogP contribution is -2.38. The van der Waals surface area contributed by atoms with Gasteiger partial charge in [-0.1, -0.05) is 31.4 Å². The number of halogens is 1. The van der Waals surface area contributed by atoms with E-state index in [0.29, 0.717) is 11.7 Å². The largest absolute Gasteiger partial charge is 0.487 e. The number of hydrogen-bond acceptors (Lipinski definition) is 4. The number of likely N-dealkylation sites (tertiary alicyclic amines) is 1. The van der Waals surface area contributed by atoms with Gasteiger partial charge < -0.3 is 4.74 Å². The van der Waals surface area contributed by atoms with Crippen LogP contribution >= 0.6 is 0 Å². The van der Waals surface area contributed by atoms with E-state index in [1.165, 1.54) is 43.7 Å². The molecule has 0 N–H and O–H groups in total. The first-order valence-electron chi connectivity index (χ1n) is 10.2. The van der Waals surface area contributed by atoms with E-state index in [2.05, 4.69) is 14.9 Å². The van der Waals surface area contributed by atoms with E-state index in [1.807, 2.05) is 18.5 Å². The molecule has 1 aromatic heterocycles. The number of piperidine rings is 1. The summed E-state index contributed by atoms with van der Waals surface area (Å²) >= 11 is 0. The Balaban J connectivity index is 1.26. The minimum atomic E-state index is -0.282. The second-order valence-corrected chi connectivity index (χ2v) is 7.81. The molecule has 0 spiro atoms. The Morgan fingerprint density at radius 1 is 0.963 bits per heavy atom. The maximum absolute atomic E-state index is 13.7. The summed E-state index contributed by atoms with van der Waals surface area (Å²) in [4.78, 5) is 11.7. The molecule has 1 saturated carbocycles. The Hall–Kier alpha value is -2.01. The molecule has 4 rings (SSSR count). The van der Waals surface area contributed by atoms with Crippen LogP contribution in [-0.4, -0.2) is 34.1 Å². The van der Waals surface area contributed by atoms with E-state index in [-0.39, 0.29) is 11.9 Å². The van der Waals surface area contributed by atoms with Crippen LogP contribution < -0.4 is 4.74 Å². The molecule has 0 bridgehead atoms. The van der Waals surface area contributed by atoms with Gasteiger partial charge >= 0.3 is 0 Å². The molecule has 2 heterocycles. The zero-order valence-corrected chi connectivity index (χ0v) is 15.8. The van der Waals surface area contributed by atoms with Gasteiger partial charge in [-0.2, -0.15) is 0 Å². The highest BCUT2D eigenvalue weighted by Gasteiger charge is 2.22. The molecular weight excluding hydrogens is 341 g/mol. The van der Waals surface area contributed by atoms with Crippen LogP contribution in [-0.2, 0) is 6.54 Å². The second kappa shape index (κ2) is 8.79. The molecule has 2 fully saturated rings. The molecule has 4 nitrogen and oxygen atoms in total. The smallest absolute Gasteiger partial charge is 0.165 e. The zero-order chi connectivity index (χ0) is 18.5. The van der Waals surface area contributed by atoms with E-state index >= 15 is 0 Å². The summed E-state index contributed by atoms with van der Waals surface area (Å²) in [6.45, 7) is 2.77. The Morgan fingerprint density at radius 2 is 1.67 bits per heavy atom. The van der Waals surface area contributed by atoms with Gasteiger partial charge in [-0.05, 0) is 37.8 Å². The highest BCUT2D eigenvalue weighted by atomic mass is 19.1. The number of rotatable bonds is 5. The third-order valence-corrected chi connectivity index (χ3v) is 5.77. The van der Waals surface area contributed by atoms with Crippen molar-refractivity contribution in [2.24, 2.45) is 0 Å². The van der Waals surface area contributed by atoms with Crippen molar-refractivity contribution in [3.8, 4) is 5.75 Å². The van der Waals surface area contributed by atoms with Gasteiger partial charge in [0.2, 0.25) is 0 Å². The molecule has 5 heteroatoms. The van der Waals surface area contributed by atoms with Crippen LogP contribution in [0.15, 0.2) is 36.7 Å². The summed E-state index contributed by atoms with van der Waals surface area (Å²) in [7, 11) is 0. The van der Waals surface area contributed by atoms with E-state index < -0.39 is 0 Å². The van der Waals surface area contributed by atoms with Crippen molar-refractivity contribution < 1.29 is 9.13 Å². The molecular formula is C22H28FN3O. The van der Waals surface area contributed by atoms with Crippen molar-refractivity contribution in [1.82, 2.24) is 14.9 Å². The molecule has 27 heavy (non-hydrogen) atoms. The summed E-state index contributed by atoms with van der Waals surface area (Å²) in [6.07, 6.45) is 12.3. The van der Waals surface area contributed by atoms with Crippen LogP contribution in [0, 0.1) is 5.82 Å². The molecule has 2 aromatic rings. The lowest BCUT2D eigenvalue weighted by atomic mass is 9.89. The summed E-state index contributed by atoms with van der Waals surface area (Å²) in [6, 6.07) is 6.64. The van der Waals surface area contributed by atoms with Gasteiger partial charge in [0.05, 0.1) is 0 Å². The molecule has 0 radical (unpaired) electrons. The SMILES string of the molecule is Fc1ccccc1OC1CCN(Cc2cnc(C3CCCCC3)nc2)CC1. The van der Waals surface area contributed by atoms with Gasteiger partial charge in [-0.15, -0.1) is 0 Å². The Kier molecular flexibility index (Phi) is 5.97. The molecule has 1 saturated heterocycles. The van der Waals surface area contributed by atoms with Crippen molar-refractivity contribution in [1.29, 1.82) is 0 Å². The van der Waals surface area contributed by atoms with Gasteiger partial charge in [0.15, 0.2) is 11.6 Å². The van der Waals surface area contributed by atoms with Gasteiger partial charge in [-0.25, -0.2) is 14.4 Å². The maximum atomic E-state index is 13.7. The molecule has 144 valence electrons. The van der Waals surface area contributed by atoms with Crippen LogP contribution in [0.5, 0.6) is 5.75 Å². The van der Waals surface area contributed by atoms with Crippen molar-refractivity contribution in [2.45, 2.75) is 63.5 Å². The molecule has 0 unspecified atom stereocenters. The van der Waals surface area contributed by atoms with Crippen LogP contribution in [0.1, 0.15) is 62.3 Å². The molecule has 0 atom stereocenters. The third kappa shape index (κ3) is 4.83. The van der Waals surface area contributed by atoms with Crippen LogP contribution in [0.4, 0.5) is 4.39 Å². The van der Waals surface area contributed by atoms with Crippen molar-refractivity contribution in [3.05, 3.63) is 53.9 Å². The van der Waals surface area contributed by atoms with E-state index in [1.54, 1.807) is 12.1 Å². The summed E-state index contributed by atoms with van der Waals surface area (Å²) in [5.41, 5.74) is 1.17. The van der Waals surface area contributed by atoms with Crippen LogP contribution in [0.25, 0.3) is 0 Å². The zero-order valence-electron chi connectivity index (χ0n) is 15.8. The third-order valence-electron chi connectivity index (χ3n) is 5.77. The number of benzene rings is 1. The fourth-order valence-electron chi connectivity index (χ4n) is 4.18. The minimum absolute atomic E-state index is 0.0862. The van der Waals surface area contributed by atoms with Crippen molar-refractivity contribution >= 4 is 0 Å². The Morgan fingerprint density at radius 3 is 2.37 bits per heavy atom. The molecule has 1 aromatic carbocycles. The fourth-order valence-corrected chi connectivity index (χ4v) is 4.18.